The van der Waals surface area contributed by atoms with Crippen LogP contribution in [-0.4, -0.2) is 30.9 Å². The summed E-state index contributed by atoms with van der Waals surface area (Å²) in [5, 5.41) is 11.9. The first kappa shape index (κ1) is 19.5. The van der Waals surface area contributed by atoms with Crippen LogP contribution in [0.1, 0.15) is 33.0 Å². The van der Waals surface area contributed by atoms with Crippen LogP contribution in [0, 0.1) is 6.92 Å². The van der Waals surface area contributed by atoms with Crippen molar-refractivity contribution in [2.45, 2.75) is 12.8 Å². The Morgan fingerprint density at radius 3 is 2.13 bits per heavy atom. The zero-order valence-electron chi connectivity index (χ0n) is 16.6. The van der Waals surface area contributed by atoms with Gasteiger partial charge in [0.25, 0.3) is 0 Å². The van der Waals surface area contributed by atoms with Gasteiger partial charge in [-0.2, -0.15) is 0 Å². The quantitative estimate of drug-likeness (QED) is 0.622. The van der Waals surface area contributed by atoms with Gasteiger partial charge in [-0.05, 0) is 41.3 Å². The third kappa shape index (κ3) is 3.37. The highest BCUT2D eigenvalue weighted by Crippen LogP contribution is 2.44. The lowest BCUT2D eigenvalue weighted by Crippen LogP contribution is -2.18. The van der Waals surface area contributed by atoms with E-state index >= 15 is 0 Å². The summed E-state index contributed by atoms with van der Waals surface area (Å²) in [4.78, 5) is 23.8. The van der Waals surface area contributed by atoms with Crippen molar-refractivity contribution in [1.82, 2.24) is 0 Å². The lowest BCUT2D eigenvalue weighted by atomic mass is 9.98. The normalized spacial score (nSPS) is 12.1. The smallest absolute Gasteiger partial charge is 0.411 e. The molecular weight excluding hydrogens is 382 g/mol. The van der Waals surface area contributed by atoms with E-state index in [1.807, 2.05) is 24.3 Å². The number of carbonyl (C=O) groups excluding carboxylic acids is 1. The Bertz CT molecular complexity index is 1090. The Balaban J connectivity index is 1.51. The summed E-state index contributed by atoms with van der Waals surface area (Å²) in [6, 6.07) is 19.1. The topological polar surface area (TPSA) is 84.9 Å². The molecule has 0 fully saturated rings. The molecule has 0 atom stereocenters. The summed E-state index contributed by atoms with van der Waals surface area (Å²) >= 11 is 0. The number of carbonyl (C=O) groups is 2. The molecule has 0 radical (unpaired) electrons. The van der Waals surface area contributed by atoms with Crippen LogP contribution in [0.2, 0.25) is 0 Å². The summed E-state index contributed by atoms with van der Waals surface area (Å²) in [5.41, 5.74) is 5.48. The van der Waals surface area contributed by atoms with Crippen molar-refractivity contribution >= 4 is 17.7 Å². The molecular formula is C24H21NO5. The fourth-order valence-electron chi connectivity index (χ4n) is 4.03. The Morgan fingerprint density at radius 1 is 0.967 bits per heavy atom. The Morgan fingerprint density at radius 2 is 1.57 bits per heavy atom. The molecule has 0 unspecified atom stereocenters. The summed E-state index contributed by atoms with van der Waals surface area (Å²) in [7, 11) is 1.43. The van der Waals surface area contributed by atoms with E-state index in [4.69, 9.17) is 9.47 Å². The number of anilines is 1. The molecule has 0 spiro atoms. The number of fused-ring (bicyclic) bond motifs is 3. The number of hydrogen-bond donors (Lipinski definition) is 2. The van der Waals surface area contributed by atoms with E-state index in [-0.39, 0.29) is 18.1 Å². The predicted octanol–water partition coefficient (Wildman–Crippen LogP) is 5.06. The van der Waals surface area contributed by atoms with E-state index in [1.165, 1.54) is 19.2 Å². The average Bonchev–Trinajstić information content (AvgIpc) is 3.06. The fraction of sp³-hybridized carbons (Fsp3) is 0.167. The second-order valence-electron chi connectivity index (χ2n) is 7.07. The van der Waals surface area contributed by atoms with Crippen molar-refractivity contribution in [3.63, 3.8) is 0 Å². The van der Waals surface area contributed by atoms with E-state index in [0.717, 1.165) is 22.3 Å². The number of hydrogen-bond acceptors (Lipinski definition) is 4. The Hall–Kier alpha value is -3.80. The van der Waals surface area contributed by atoms with Gasteiger partial charge in [0.05, 0.1) is 18.4 Å². The lowest BCUT2D eigenvalue weighted by Gasteiger charge is -2.16. The Labute approximate surface area is 174 Å². The molecule has 2 N–H and O–H groups in total. The molecule has 0 aromatic heterocycles. The molecule has 1 aliphatic carbocycles. The molecule has 6 heteroatoms. The minimum absolute atomic E-state index is 0.0406. The van der Waals surface area contributed by atoms with Crippen LogP contribution in [0.3, 0.4) is 0 Å². The largest absolute Gasteiger partial charge is 0.494 e. The maximum Gasteiger partial charge on any atom is 0.411 e. The SMILES string of the molecule is COc1c(NC(=O)OCC2c3ccccc3-c3ccccc32)ccc(C(=O)O)c1C. The third-order valence-corrected chi connectivity index (χ3v) is 5.42. The zero-order valence-corrected chi connectivity index (χ0v) is 16.6. The molecule has 4 rings (SSSR count). The summed E-state index contributed by atoms with van der Waals surface area (Å²) in [6.45, 7) is 1.82. The lowest BCUT2D eigenvalue weighted by molar-refractivity contribution is 0.0695. The van der Waals surface area contributed by atoms with E-state index in [9.17, 15) is 14.7 Å². The highest BCUT2D eigenvalue weighted by molar-refractivity contribution is 5.94. The van der Waals surface area contributed by atoms with Crippen LogP contribution in [-0.2, 0) is 4.74 Å². The van der Waals surface area contributed by atoms with Crippen molar-refractivity contribution in [3.05, 3.63) is 82.9 Å². The van der Waals surface area contributed by atoms with Crippen LogP contribution in [0.4, 0.5) is 10.5 Å². The molecule has 0 aliphatic heterocycles. The standard InChI is InChI=1S/C24H21NO5/c1-14-15(23(26)27)11-12-21(22(14)29-2)25-24(28)30-13-20-18-9-5-3-7-16(18)17-8-4-6-10-19(17)20/h3-12,20H,13H2,1-2H3,(H,25,28)(H,26,27). The minimum atomic E-state index is -1.06. The molecule has 0 saturated heterocycles. The van der Waals surface area contributed by atoms with Gasteiger partial charge in [0.1, 0.15) is 12.4 Å². The van der Waals surface area contributed by atoms with Gasteiger partial charge in [0.15, 0.2) is 0 Å². The molecule has 0 saturated carbocycles. The maximum absolute atomic E-state index is 12.5. The number of aromatic carboxylic acids is 1. The van der Waals surface area contributed by atoms with Gasteiger partial charge in [-0.15, -0.1) is 0 Å². The second kappa shape index (κ2) is 7.91. The first-order chi connectivity index (χ1) is 14.5. The molecule has 6 nitrogen and oxygen atoms in total. The number of carboxylic acid groups (broad SMARTS) is 1. The molecule has 1 amide bonds. The van der Waals surface area contributed by atoms with Crippen LogP contribution in [0.5, 0.6) is 5.75 Å². The third-order valence-electron chi connectivity index (χ3n) is 5.42. The van der Waals surface area contributed by atoms with Gasteiger partial charge < -0.3 is 14.6 Å². The van der Waals surface area contributed by atoms with Crippen molar-refractivity contribution < 1.29 is 24.2 Å². The maximum atomic E-state index is 12.5. The molecule has 0 heterocycles. The first-order valence-electron chi connectivity index (χ1n) is 9.54. The van der Waals surface area contributed by atoms with E-state index in [1.54, 1.807) is 6.92 Å². The number of carboxylic acids is 1. The fourth-order valence-corrected chi connectivity index (χ4v) is 4.03. The van der Waals surface area contributed by atoms with E-state index < -0.39 is 12.1 Å². The molecule has 152 valence electrons. The molecule has 1 aliphatic rings. The van der Waals surface area contributed by atoms with E-state index in [2.05, 4.69) is 29.6 Å². The van der Waals surface area contributed by atoms with Crippen LogP contribution in [0.15, 0.2) is 60.7 Å². The van der Waals surface area contributed by atoms with Crippen molar-refractivity contribution in [2.24, 2.45) is 0 Å². The summed E-state index contributed by atoms with van der Waals surface area (Å²) in [6.07, 6.45) is -0.627. The average molecular weight is 403 g/mol. The second-order valence-corrected chi connectivity index (χ2v) is 7.07. The number of amides is 1. The van der Waals surface area contributed by atoms with Crippen molar-refractivity contribution in [3.8, 4) is 16.9 Å². The number of benzene rings is 3. The van der Waals surface area contributed by atoms with Crippen LogP contribution < -0.4 is 10.1 Å². The van der Waals surface area contributed by atoms with Gasteiger partial charge in [-0.3, -0.25) is 5.32 Å². The molecule has 0 bridgehead atoms. The van der Waals surface area contributed by atoms with Crippen LogP contribution >= 0.6 is 0 Å². The zero-order chi connectivity index (χ0) is 21.3. The highest BCUT2D eigenvalue weighted by atomic mass is 16.5. The number of rotatable bonds is 5. The van der Waals surface area contributed by atoms with Gasteiger partial charge in [-0.25, -0.2) is 9.59 Å². The molecule has 3 aromatic carbocycles. The molecule has 30 heavy (non-hydrogen) atoms. The summed E-state index contributed by atoms with van der Waals surface area (Å²) < 4.78 is 10.8. The monoisotopic (exact) mass is 403 g/mol. The first-order valence-corrected chi connectivity index (χ1v) is 9.54. The Kier molecular flexibility index (Phi) is 5.14. The van der Waals surface area contributed by atoms with Crippen LogP contribution in [0.25, 0.3) is 11.1 Å². The van der Waals surface area contributed by atoms with Gasteiger partial charge in [0, 0.05) is 11.5 Å². The molecule has 3 aromatic rings. The van der Waals surface area contributed by atoms with Crippen molar-refractivity contribution in [1.29, 1.82) is 0 Å². The minimum Gasteiger partial charge on any atom is -0.494 e. The van der Waals surface area contributed by atoms with E-state index in [0.29, 0.717) is 17.0 Å². The number of methoxy groups -OCH3 is 1. The van der Waals surface area contributed by atoms with Gasteiger partial charge >= 0.3 is 12.1 Å². The number of ether oxygens (including phenoxy) is 2. The summed E-state index contributed by atoms with van der Waals surface area (Å²) in [5.74, 6) is -0.803. The number of nitrogens with one attached hydrogen (secondary N) is 1. The van der Waals surface area contributed by atoms with Gasteiger partial charge in [0.2, 0.25) is 0 Å². The van der Waals surface area contributed by atoms with Gasteiger partial charge in [-0.1, -0.05) is 48.5 Å². The predicted molar refractivity (Wildman–Crippen MR) is 113 cm³/mol. The van der Waals surface area contributed by atoms with Crippen molar-refractivity contribution in [2.75, 3.05) is 19.0 Å². The highest BCUT2D eigenvalue weighted by Gasteiger charge is 2.29.